The van der Waals surface area contributed by atoms with E-state index in [-0.39, 0.29) is 23.4 Å². The molecule has 1 heterocycles. The van der Waals surface area contributed by atoms with Gasteiger partial charge in [0.05, 0.1) is 25.4 Å². The van der Waals surface area contributed by atoms with Gasteiger partial charge in [-0.1, -0.05) is 15.9 Å². The van der Waals surface area contributed by atoms with Crippen molar-refractivity contribution >= 4 is 27.9 Å². The topological polar surface area (TPSA) is 65.1 Å². The fraction of sp³-hybridized carbons (Fsp3) is 0.400. The first-order valence-electron chi connectivity index (χ1n) is 4.54. The smallest absolute Gasteiger partial charge is 0.339 e. The average Bonchev–Trinajstić information content (AvgIpc) is 3.06. The number of fused-ring (bicyclic) bond motifs is 1. The molecule has 0 N–H and O–H groups in total. The predicted octanol–water partition coefficient (Wildman–Crippen LogP) is 0.689. The zero-order valence-electron chi connectivity index (χ0n) is 8.65. The first-order chi connectivity index (χ1) is 7.60. The summed E-state index contributed by atoms with van der Waals surface area (Å²) in [5.41, 5.74) is 0.355. The van der Waals surface area contributed by atoms with E-state index in [4.69, 9.17) is 4.74 Å². The summed E-state index contributed by atoms with van der Waals surface area (Å²) in [4.78, 5) is 23.1. The monoisotopic (exact) mass is 288 g/mol. The highest BCUT2D eigenvalue weighted by molar-refractivity contribution is 9.11. The van der Waals surface area contributed by atoms with Crippen LogP contribution in [-0.4, -0.2) is 38.4 Å². The van der Waals surface area contributed by atoms with E-state index in [0.29, 0.717) is 4.48 Å². The molecule has 0 aromatic heterocycles. The maximum absolute atomic E-state index is 11.6. The molecule has 0 aromatic carbocycles. The summed E-state index contributed by atoms with van der Waals surface area (Å²) in [5.74, 6) is -1.16. The first-order valence-corrected chi connectivity index (χ1v) is 5.33. The van der Waals surface area contributed by atoms with Crippen LogP contribution in [0.5, 0.6) is 0 Å². The highest BCUT2D eigenvalue weighted by Crippen LogP contribution is 2.42. The summed E-state index contributed by atoms with van der Waals surface area (Å²) < 4.78 is 15.0. The molecule has 86 valence electrons. The minimum Gasteiger partial charge on any atom is -0.465 e. The van der Waals surface area contributed by atoms with Gasteiger partial charge in [0, 0.05) is 4.48 Å². The van der Waals surface area contributed by atoms with E-state index in [1.807, 2.05) is 0 Å². The Morgan fingerprint density at radius 3 is 2.50 bits per heavy atom. The van der Waals surface area contributed by atoms with Gasteiger partial charge in [-0.05, 0) is 6.08 Å². The lowest BCUT2D eigenvalue weighted by molar-refractivity contribution is -0.139. The van der Waals surface area contributed by atoms with Gasteiger partial charge in [0.25, 0.3) is 0 Å². The molecule has 0 spiro atoms. The van der Waals surface area contributed by atoms with Crippen molar-refractivity contribution in [2.24, 2.45) is 0 Å². The summed E-state index contributed by atoms with van der Waals surface area (Å²) in [6.45, 7) is 0. The maximum atomic E-state index is 11.6. The highest BCUT2D eigenvalue weighted by atomic mass is 79.9. The molecule has 2 aliphatic rings. The van der Waals surface area contributed by atoms with Gasteiger partial charge in [0.1, 0.15) is 12.2 Å². The standard InChI is InChI=1S/C10H9BrO5/c1-14-9(12)4-3-5-8(16-5)7(11)6(4)10(13)15-2/h3,5,8H,1-2H3/t5-,8+/m1/s1. The van der Waals surface area contributed by atoms with Gasteiger partial charge in [0.15, 0.2) is 0 Å². The van der Waals surface area contributed by atoms with E-state index in [0.717, 1.165) is 0 Å². The van der Waals surface area contributed by atoms with Gasteiger partial charge in [0.2, 0.25) is 0 Å². The van der Waals surface area contributed by atoms with Crippen LogP contribution in [0.1, 0.15) is 0 Å². The molecule has 1 saturated heterocycles. The van der Waals surface area contributed by atoms with Crippen LogP contribution in [0.15, 0.2) is 21.7 Å². The molecule has 0 unspecified atom stereocenters. The molecule has 0 bridgehead atoms. The minimum absolute atomic E-state index is 0.156. The normalized spacial score (nSPS) is 26.8. The maximum Gasteiger partial charge on any atom is 0.339 e. The van der Waals surface area contributed by atoms with Gasteiger partial charge in [-0.2, -0.15) is 0 Å². The van der Waals surface area contributed by atoms with E-state index < -0.39 is 11.9 Å². The third-order valence-corrected chi connectivity index (χ3v) is 3.26. The Balaban J connectivity index is 2.42. The number of esters is 2. The van der Waals surface area contributed by atoms with Crippen molar-refractivity contribution in [3.63, 3.8) is 0 Å². The van der Waals surface area contributed by atoms with Crippen molar-refractivity contribution in [2.45, 2.75) is 12.2 Å². The number of carbonyl (C=O) groups excluding carboxylic acids is 2. The Hall–Kier alpha value is -1.14. The molecule has 1 fully saturated rings. The number of hydrogen-bond acceptors (Lipinski definition) is 5. The van der Waals surface area contributed by atoms with Crippen LogP contribution < -0.4 is 0 Å². The van der Waals surface area contributed by atoms with Crippen LogP contribution in [0.2, 0.25) is 0 Å². The van der Waals surface area contributed by atoms with Crippen molar-refractivity contribution < 1.29 is 23.8 Å². The van der Waals surface area contributed by atoms with E-state index >= 15 is 0 Å². The lowest BCUT2D eigenvalue weighted by atomic mass is 9.98. The minimum atomic E-state index is -0.586. The fourth-order valence-electron chi connectivity index (χ4n) is 1.56. The lowest BCUT2D eigenvalue weighted by Gasteiger charge is -2.12. The average molecular weight is 289 g/mol. The predicted molar refractivity (Wildman–Crippen MR) is 56.7 cm³/mol. The Morgan fingerprint density at radius 1 is 1.31 bits per heavy atom. The number of epoxide rings is 1. The van der Waals surface area contributed by atoms with E-state index in [1.54, 1.807) is 6.08 Å². The molecule has 2 rings (SSSR count). The summed E-state index contributed by atoms with van der Waals surface area (Å²) in [5, 5.41) is 0. The summed E-state index contributed by atoms with van der Waals surface area (Å²) in [6, 6.07) is 0. The molecule has 2 atom stereocenters. The highest BCUT2D eigenvalue weighted by Gasteiger charge is 2.47. The summed E-state index contributed by atoms with van der Waals surface area (Å²) in [6.07, 6.45) is 1.24. The van der Waals surface area contributed by atoms with Crippen molar-refractivity contribution in [2.75, 3.05) is 14.2 Å². The Kier molecular flexibility index (Phi) is 2.86. The second-order valence-electron chi connectivity index (χ2n) is 3.31. The Morgan fingerprint density at radius 2 is 1.94 bits per heavy atom. The molecule has 16 heavy (non-hydrogen) atoms. The van der Waals surface area contributed by atoms with Crippen LogP contribution in [0.3, 0.4) is 0 Å². The van der Waals surface area contributed by atoms with Crippen LogP contribution in [0.4, 0.5) is 0 Å². The van der Waals surface area contributed by atoms with Gasteiger partial charge < -0.3 is 14.2 Å². The van der Waals surface area contributed by atoms with Gasteiger partial charge in [-0.3, -0.25) is 0 Å². The molecule has 0 amide bonds. The number of ether oxygens (including phenoxy) is 3. The molecule has 0 radical (unpaired) electrons. The molecule has 5 nitrogen and oxygen atoms in total. The summed E-state index contributed by atoms with van der Waals surface area (Å²) in [7, 11) is 2.51. The molecule has 0 saturated carbocycles. The van der Waals surface area contributed by atoms with Gasteiger partial charge in [-0.25, -0.2) is 9.59 Å². The Bertz CT molecular complexity index is 423. The van der Waals surface area contributed by atoms with Crippen LogP contribution >= 0.6 is 15.9 Å². The van der Waals surface area contributed by atoms with Crippen molar-refractivity contribution in [1.82, 2.24) is 0 Å². The van der Waals surface area contributed by atoms with Crippen molar-refractivity contribution in [3.8, 4) is 0 Å². The fourth-order valence-corrected chi connectivity index (χ4v) is 2.31. The zero-order chi connectivity index (χ0) is 11.9. The molecular weight excluding hydrogens is 280 g/mol. The van der Waals surface area contributed by atoms with Crippen LogP contribution in [-0.2, 0) is 23.8 Å². The second kappa shape index (κ2) is 4.03. The molecule has 1 aliphatic heterocycles. The lowest BCUT2D eigenvalue weighted by Crippen LogP contribution is -2.20. The van der Waals surface area contributed by atoms with Crippen molar-refractivity contribution in [3.05, 3.63) is 21.7 Å². The molecular formula is C10H9BrO5. The number of halogens is 1. The van der Waals surface area contributed by atoms with Gasteiger partial charge in [-0.15, -0.1) is 0 Å². The number of rotatable bonds is 2. The number of methoxy groups -OCH3 is 2. The SMILES string of the molecule is COC(=O)C1=C[C@H]2O[C@@H]2C(Br)=C1C(=O)OC. The quantitative estimate of drug-likeness (QED) is 0.553. The number of carbonyl (C=O) groups is 2. The second-order valence-corrected chi connectivity index (χ2v) is 4.16. The first kappa shape index (κ1) is 11.3. The van der Waals surface area contributed by atoms with Gasteiger partial charge >= 0.3 is 11.9 Å². The molecule has 6 heteroatoms. The molecule has 1 aliphatic carbocycles. The molecule has 0 aromatic rings. The number of hydrogen-bond donors (Lipinski definition) is 0. The van der Waals surface area contributed by atoms with E-state index in [9.17, 15) is 9.59 Å². The van der Waals surface area contributed by atoms with Crippen molar-refractivity contribution in [1.29, 1.82) is 0 Å². The Labute approximate surface area is 100 Å². The third kappa shape index (κ3) is 1.68. The van der Waals surface area contributed by atoms with Crippen LogP contribution in [0, 0.1) is 0 Å². The largest absolute Gasteiger partial charge is 0.465 e. The third-order valence-electron chi connectivity index (χ3n) is 2.41. The van der Waals surface area contributed by atoms with E-state index in [1.165, 1.54) is 14.2 Å². The zero-order valence-corrected chi connectivity index (χ0v) is 10.2. The summed E-state index contributed by atoms with van der Waals surface area (Å²) >= 11 is 3.25. The van der Waals surface area contributed by atoms with E-state index in [2.05, 4.69) is 25.4 Å². The van der Waals surface area contributed by atoms with Crippen LogP contribution in [0.25, 0.3) is 0 Å².